The quantitative estimate of drug-likeness (QED) is 0.858. The van der Waals surface area contributed by atoms with E-state index >= 15 is 0 Å². The average Bonchev–Trinajstić information content (AvgIpc) is 2.28. The van der Waals surface area contributed by atoms with Crippen LogP contribution >= 0.6 is 0 Å². The Balaban J connectivity index is 2.62. The summed E-state index contributed by atoms with van der Waals surface area (Å²) < 4.78 is 0. The lowest BCUT2D eigenvalue weighted by atomic mass is 10.0. The number of hydrogen-bond donors (Lipinski definition) is 2. The summed E-state index contributed by atoms with van der Waals surface area (Å²) in [6.07, 6.45) is 0. The Hall–Kier alpha value is -1.84. The molecule has 1 rings (SSSR count). The standard InChI is InChI=1S/C14H20N2O2/c1-9(2)12-5-7-13(8-6-12)16-14(18)10(3)15-11(4)17/h5-10H,1-4H3,(H,15,17)(H,16,18)/t10-/m0/s1. The van der Waals surface area contributed by atoms with Gasteiger partial charge in [0.15, 0.2) is 0 Å². The van der Waals surface area contributed by atoms with E-state index in [1.54, 1.807) is 6.92 Å². The molecule has 2 amide bonds. The first kappa shape index (κ1) is 14.2. The summed E-state index contributed by atoms with van der Waals surface area (Å²) in [5.74, 6) is 0.0309. The van der Waals surface area contributed by atoms with Gasteiger partial charge in [-0.25, -0.2) is 0 Å². The van der Waals surface area contributed by atoms with E-state index in [1.165, 1.54) is 12.5 Å². The third-order valence-corrected chi connectivity index (χ3v) is 2.66. The molecular formula is C14H20N2O2. The lowest BCUT2D eigenvalue weighted by Gasteiger charge is -2.13. The largest absolute Gasteiger partial charge is 0.345 e. The number of rotatable bonds is 4. The van der Waals surface area contributed by atoms with Gasteiger partial charge in [-0.2, -0.15) is 0 Å². The van der Waals surface area contributed by atoms with Gasteiger partial charge in [-0.15, -0.1) is 0 Å². The van der Waals surface area contributed by atoms with Gasteiger partial charge >= 0.3 is 0 Å². The molecule has 0 radical (unpaired) electrons. The first-order valence-electron chi connectivity index (χ1n) is 6.08. The van der Waals surface area contributed by atoms with Crippen LogP contribution in [0.25, 0.3) is 0 Å². The van der Waals surface area contributed by atoms with E-state index < -0.39 is 6.04 Å². The van der Waals surface area contributed by atoms with E-state index in [-0.39, 0.29) is 11.8 Å². The summed E-state index contributed by atoms with van der Waals surface area (Å²) in [6, 6.07) is 7.18. The zero-order valence-corrected chi connectivity index (χ0v) is 11.3. The molecule has 0 saturated carbocycles. The maximum atomic E-state index is 11.7. The zero-order chi connectivity index (χ0) is 13.7. The van der Waals surface area contributed by atoms with Crippen molar-refractivity contribution in [1.29, 1.82) is 0 Å². The highest BCUT2D eigenvalue weighted by molar-refractivity contribution is 5.96. The molecule has 0 aliphatic heterocycles. The van der Waals surface area contributed by atoms with Crippen LogP contribution in [-0.2, 0) is 9.59 Å². The lowest BCUT2D eigenvalue weighted by Crippen LogP contribution is -2.40. The summed E-state index contributed by atoms with van der Waals surface area (Å²) in [7, 11) is 0. The summed E-state index contributed by atoms with van der Waals surface area (Å²) in [4.78, 5) is 22.6. The van der Waals surface area contributed by atoms with Crippen LogP contribution in [0.5, 0.6) is 0 Å². The summed E-state index contributed by atoms with van der Waals surface area (Å²) in [5.41, 5.74) is 1.96. The minimum Gasteiger partial charge on any atom is -0.345 e. The van der Waals surface area contributed by atoms with Gasteiger partial charge in [-0.1, -0.05) is 26.0 Å². The third kappa shape index (κ3) is 4.20. The number of hydrogen-bond acceptors (Lipinski definition) is 2. The van der Waals surface area contributed by atoms with Crippen LogP contribution in [-0.4, -0.2) is 17.9 Å². The Labute approximate surface area is 108 Å². The van der Waals surface area contributed by atoms with Crippen LogP contribution in [0, 0.1) is 0 Å². The first-order valence-corrected chi connectivity index (χ1v) is 6.08. The van der Waals surface area contributed by atoms with Crippen LogP contribution in [0.1, 0.15) is 39.2 Å². The molecule has 1 aromatic carbocycles. The van der Waals surface area contributed by atoms with Gasteiger partial charge in [0.1, 0.15) is 6.04 Å². The maximum absolute atomic E-state index is 11.7. The number of nitrogens with one attached hydrogen (secondary N) is 2. The van der Waals surface area contributed by atoms with Crippen molar-refractivity contribution in [2.24, 2.45) is 0 Å². The van der Waals surface area contributed by atoms with Crippen LogP contribution in [0.3, 0.4) is 0 Å². The third-order valence-electron chi connectivity index (χ3n) is 2.66. The predicted octanol–water partition coefficient (Wildman–Crippen LogP) is 2.27. The SMILES string of the molecule is CC(=O)N[C@@H](C)C(=O)Nc1ccc(C(C)C)cc1. The van der Waals surface area contributed by atoms with Crippen molar-refractivity contribution in [3.05, 3.63) is 29.8 Å². The van der Waals surface area contributed by atoms with E-state index in [4.69, 9.17) is 0 Å². The second-order valence-corrected chi connectivity index (χ2v) is 4.69. The molecular weight excluding hydrogens is 228 g/mol. The van der Waals surface area contributed by atoms with Crippen LogP contribution in [0.15, 0.2) is 24.3 Å². The van der Waals surface area contributed by atoms with Gasteiger partial charge in [0.2, 0.25) is 11.8 Å². The van der Waals surface area contributed by atoms with E-state index in [1.807, 2.05) is 24.3 Å². The fourth-order valence-electron chi connectivity index (χ4n) is 1.57. The highest BCUT2D eigenvalue weighted by atomic mass is 16.2. The molecule has 0 spiro atoms. The molecule has 1 atom stereocenters. The molecule has 0 bridgehead atoms. The fourth-order valence-corrected chi connectivity index (χ4v) is 1.57. The van der Waals surface area contributed by atoms with Gasteiger partial charge < -0.3 is 10.6 Å². The summed E-state index contributed by atoms with van der Waals surface area (Å²) in [5, 5.41) is 5.30. The Morgan fingerprint density at radius 1 is 1.06 bits per heavy atom. The van der Waals surface area contributed by atoms with E-state index in [2.05, 4.69) is 24.5 Å². The van der Waals surface area contributed by atoms with Gasteiger partial charge in [0.25, 0.3) is 0 Å². The minimum atomic E-state index is -0.535. The Morgan fingerprint density at radius 3 is 2.06 bits per heavy atom. The molecule has 0 aliphatic rings. The van der Waals surface area contributed by atoms with Crippen molar-refractivity contribution in [1.82, 2.24) is 5.32 Å². The Bertz CT molecular complexity index is 424. The van der Waals surface area contributed by atoms with E-state index in [0.717, 1.165) is 5.69 Å². The first-order chi connectivity index (χ1) is 8.40. The molecule has 0 heterocycles. The number of benzene rings is 1. The predicted molar refractivity (Wildman–Crippen MR) is 72.4 cm³/mol. The normalized spacial score (nSPS) is 12.1. The molecule has 4 heteroatoms. The fraction of sp³-hybridized carbons (Fsp3) is 0.429. The molecule has 0 unspecified atom stereocenters. The van der Waals surface area contributed by atoms with Crippen LogP contribution in [0.4, 0.5) is 5.69 Å². The lowest BCUT2D eigenvalue weighted by molar-refractivity contribution is -0.124. The molecule has 0 aliphatic carbocycles. The minimum absolute atomic E-state index is 0.215. The molecule has 98 valence electrons. The van der Waals surface area contributed by atoms with E-state index in [9.17, 15) is 9.59 Å². The van der Waals surface area contributed by atoms with Gasteiger partial charge in [-0.05, 0) is 30.5 Å². The second-order valence-electron chi connectivity index (χ2n) is 4.69. The highest BCUT2D eigenvalue weighted by Gasteiger charge is 2.13. The van der Waals surface area contributed by atoms with Crippen molar-refractivity contribution in [3.63, 3.8) is 0 Å². The van der Waals surface area contributed by atoms with Crippen molar-refractivity contribution in [2.45, 2.75) is 39.7 Å². The molecule has 0 aromatic heterocycles. The average molecular weight is 248 g/mol. The monoisotopic (exact) mass is 248 g/mol. The molecule has 2 N–H and O–H groups in total. The molecule has 0 saturated heterocycles. The van der Waals surface area contributed by atoms with E-state index in [0.29, 0.717) is 5.92 Å². The van der Waals surface area contributed by atoms with Gasteiger partial charge in [-0.3, -0.25) is 9.59 Å². The number of carbonyl (C=O) groups excluding carboxylic acids is 2. The maximum Gasteiger partial charge on any atom is 0.246 e. The second kappa shape index (κ2) is 6.19. The van der Waals surface area contributed by atoms with Gasteiger partial charge in [0.05, 0.1) is 0 Å². The number of amides is 2. The molecule has 0 fully saturated rings. The Morgan fingerprint density at radius 2 is 1.61 bits per heavy atom. The zero-order valence-electron chi connectivity index (χ0n) is 11.3. The van der Waals surface area contributed by atoms with Gasteiger partial charge in [0, 0.05) is 12.6 Å². The smallest absolute Gasteiger partial charge is 0.246 e. The molecule has 4 nitrogen and oxygen atoms in total. The molecule has 1 aromatic rings. The van der Waals surface area contributed by atoms with Crippen molar-refractivity contribution >= 4 is 17.5 Å². The van der Waals surface area contributed by atoms with Crippen LogP contribution in [0.2, 0.25) is 0 Å². The topological polar surface area (TPSA) is 58.2 Å². The summed E-state index contributed by atoms with van der Waals surface area (Å²) in [6.45, 7) is 7.28. The van der Waals surface area contributed by atoms with Crippen molar-refractivity contribution < 1.29 is 9.59 Å². The Kier molecular flexibility index (Phi) is 4.89. The summed E-state index contributed by atoms with van der Waals surface area (Å²) >= 11 is 0. The number of anilines is 1. The number of carbonyl (C=O) groups is 2. The highest BCUT2D eigenvalue weighted by Crippen LogP contribution is 2.17. The van der Waals surface area contributed by atoms with Crippen molar-refractivity contribution in [3.8, 4) is 0 Å². The van der Waals surface area contributed by atoms with Crippen LogP contribution < -0.4 is 10.6 Å². The molecule has 18 heavy (non-hydrogen) atoms. The van der Waals surface area contributed by atoms with Crippen molar-refractivity contribution in [2.75, 3.05) is 5.32 Å².